The van der Waals surface area contributed by atoms with Crippen LogP contribution in [0.4, 0.5) is 0 Å². The first-order chi connectivity index (χ1) is 9.10. The molecule has 1 amide bonds. The molecule has 19 heavy (non-hydrogen) atoms. The van der Waals surface area contributed by atoms with Crippen LogP contribution >= 0.6 is 23.2 Å². The van der Waals surface area contributed by atoms with Gasteiger partial charge in [0.05, 0.1) is 0 Å². The number of fused-ring (bicyclic) bond motifs is 1. The molecule has 1 saturated heterocycles. The Morgan fingerprint density at radius 3 is 2.58 bits per heavy atom. The molecule has 2 aliphatic rings. The van der Waals surface area contributed by atoms with Crippen molar-refractivity contribution in [1.29, 1.82) is 0 Å². The third kappa shape index (κ3) is 2.25. The van der Waals surface area contributed by atoms with Gasteiger partial charge in [0.2, 0.25) is 4.33 Å². The van der Waals surface area contributed by atoms with Crippen LogP contribution in [0.1, 0.15) is 31.2 Å². The number of benzene rings is 1. The summed E-state index contributed by atoms with van der Waals surface area (Å²) < 4.78 is -1.22. The van der Waals surface area contributed by atoms with Gasteiger partial charge in [0.1, 0.15) is 0 Å². The van der Waals surface area contributed by atoms with E-state index in [1.54, 1.807) is 0 Å². The normalized spacial score (nSPS) is 29.4. The minimum absolute atomic E-state index is 0.0841. The number of likely N-dealkylation sites (tertiary alicyclic amines) is 1. The highest BCUT2D eigenvalue weighted by molar-refractivity contribution is 6.58. The zero-order valence-corrected chi connectivity index (χ0v) is 12.2. The van der Waals surface area contributed by atoms with Gasteiger partial charge >= 0.3 is 0 Å². The Balaban J connectivity index is 1.86. The van der Waals surface area contributed by atoms with E-state index in [4.69, 9.17) is 23.2 Å². The summed E-state index contributed by atoms with van der Waals surface area (Å²) in [6.07, 6.45) is 4.25. The highest BCUT2D eigenvalue weighted by Crippen LogP contribution is 2.49. The molecule has 2 atom stereocenters. The van der Waals surface area contributed by atoms with E-state index in [0.29, 0.717) is 6.54 Å². The van der Waals surface area contributed by atoms with Crippen LogP contribution in [-0.4, -0.2) is 21.2 Å². The van der Waals surface area contributed by atoms with Crippen LogP contribution in [0.3, 0.4) is 0 Å². The molecule has 1 saturated carbocycles. The van der Waals surface area contributed by atoms with Crippen molar-refractivity contribution >= 4 is 29.1 Å². The number of halogens is 2. The molecular formula is C15H17Cl2NO. The minimum Gasteiger partial charge on any atom is -0.332 e. The molecule has 2 fully saturated rings. The highest BCUT2D eigenvalue weighted by Gasteiger charge is 2.57. The zero-order chi connectivity index (χ0) is 13.5. The zero-order valence-electron chi connectivity index (χ0n) is 10.7. The molecule has 1 heterocycles. The van der Waals surface area contributed by atoms with E-state index >= 15 is 0 Å². The van der Waals surface area contributed by atoms with Crippen molar-refractivity contribution in [2.75, 3.05) is 0 Å². The summed E-state index contributed by atoms with van der Waals surface area (Å²) in [5.74, 6) is -0.0302. The number of nitrogens with zero attached hydrogens (tertiary/aromatic N) is 1. The van der Waals surface area contributed by atoms with Crippen LogP contribution in [0.5, 0.6) is 0 Å². The summed E-state index contributed by atoms with van der Waals surface area (Å²) >= 11 is 12.7. The molecule has 0 spiro atoms. The lowest BCUT2D eigenvalue weighted by atomic mass is 9.84. The molecule has 4 heteroatoms. The number of carbonyl (C=O) groups excluding carboxylic acids is 1. The van der Waals surface area contributed by atoms with E-state index in [1.807, 2.05) is 35.2 Å². The van der Waals surface area contributed by atoms with E-state index in [9.17, 15) is 4.79 Å². The van der Waals surface area contributed by atoms with Crippen LogP contribution in [0, 0.1) is 5.92 Å². The average molecular weight is 298 g/mol. The third-order valence-electron chi connectivity index (χ3n) is 4.34. The molecule has 2 nitrogen and oxygen atoms in total. The van der Waals surface area contributed by atoms with Crippen LogP contribution in [0.2, 0.25) is 0 Å². The van der Waals surface area contributed by atoms with Crippen molar-refractivity contribution in [2.24, 2.45) is 5.92 Å². The molecule has 0 radical (unpaired) electrons. The Kier molecular flexibility index (Phi) is 3.48. The summed E-state index contributed by atoms with van der Waals surface area (Å²) in [5, 5.41) is 0. The van der Waals surface area contributed by atoms with Crippen molar-refractivity contribution < 1.29 is 4.79 Å². The molecule has 0 bridgehead atoms. The predicted molar refractivity (Wildman–Crippen MR) is 77.2 cm³/mol. The van der Waals surface area contributed by atoms with Crippen molar-refractivity contribution in [3.8, 4) is 0 Å². The summed E-state index contributed by atoms with van der Waals surface area (Å²) in [6.45, 7) is 0.613. The second-order valence-corrected chi connectivity index (χ2v) is 6.89. The first-order valence-corrected chi connectivity index (χ1v) is 7.59. The number of alkyl halides is 2. The Morgan fingerprint density at radius 1 is 1.16 bits per heavy atom. The van der Waals surface area contributed by atoms with E-state index in [-0.39, 0.29) is 17.9 Å². The maximum atomic E-state index is 12.5. The summed E-state index contributed by atoms with van der Waals surface area (Å²) in [5.41, 5.74) is 1.13. The monoisotopic (exact) mass is 297 g/mol. The number of carbonyl (C=O) groups is 1. The molecule has 1 aliphatic carbocycles. The van der Waals surface area contributed by atoms with Crippen LogP contribution in [0.15, 0.2) is 30.3 Å². The predicted octanol–water partition coefficient (Wildman–Crippen LogP) is 3.76. The van der Waals surface area contributed by atoms with Crippen LogP contribution in [0.25, 0.3) is 0 Å². The number of hydrogen-bond donors (Lipinski definition) is 0. The van der Waals surface area contributed by atoms with E-state index in [1.165, 1.54) is 0 Å². The lowest BCUT2D eigenvalue weighted by Gasteiger charge is -2.32. The maximum Gasteiger partial charge on any atom is 0.259 e. The quantitative estimate of drug-likeness (QED) is 0.761. The Bertz CT molecular complexity index is 474. The topological polar surface area (TPSA) is 20.3 Å². The second-order valence-electron chi connectivity index (χ2n) is 5.50. The second kappa shape index (κ2) is 4.99. The van der Waals surface area contributed by atoms with E-state index < -0.39 is 4.33 Å². The molecule has 1 aromatic carbocycles. The first-order valence-electron chi connectivity index (χ1n) is 6.83. The fourth-order valence-corrected chi connectivity index (χ4v) is 4.10. The van der Waals surface area contributed by atoms with Gasteiger partial charge in [0.25, 0.3) is 5.91 Å². The summed E-state index contributed by atoms with van der Waals surface area (Å²) in [7, 11) is 0. The molecule has 1 aromatic rings. The van der Waals surface area contributed by atoms with Gasteiger partial charge in [-0.3, -0.25) is 4.79 Å². The van der Waals surface area contributed by atoms with Crippen LogP contribution < -0.4 is 0 Å². The minimum atomic E-state index is -1.22. The van der Waals surface area contributed by atoms with Gasteiger partial charge in [-0.05, 0) is 18.4 Å². The molecule has 102 valence electrons. The molecule has 0 N–H and O–H groups in total. The fourth-order valence-electron chi connectivity index (χ4n) is 3.38. The Labute approximate surface area is 123 Å². The highest BCUT2D eigenvalue weighted by atomic mass is 35.5. The summed E-state index contributed by atoms with van der Waals surface area (Å²) in [6, 6.07) is 10.2. The molecule has 3 rings (SSSR count). The summed E-state index contributed by atoms with van der Waals surface area (Å²) in [4.78, 5) is 14.3. The molecule has 0 aromatic heterocycles. The Hall–Kier alpha value is -0.730. The number of amides is 1. The lowest BCUT2D eigenvalue weighted by molar-refractivity contribution is -0.130. The van der Waals surface area contributed by atoms with Crippen molar-refractivity contribution in [3.05, 3.63) is 35.9 Å². The van der Waals surface area contributed by atoms with Gasteiger partial charge in [-0.25, -0.2) is 0 Å². The van der Waals surface area contributed by atoms with Crippen molar-refractivity contribution in [1.82, 2.24) is 4.90 Å². The first kappa shape index (κ1) is 13.3. The van der Waals surface area contributed by atoms with Crippen molar-refractivity contribution in [2.45, 2.75) is 42.6 Å². The Morgan fingerprint density at radius 2 is 1.84 bits per heavy atom. The largest absolute Gasteiger partial charge is 0.332 e. The molecular weight excluding hydrogens is 281 g/mol. The fraction of sp³-hybridized carbons (Fsp3) is 0.533. The van der Waals surface area contributed by atoms with Gasteiger partial charge in [-0.2, -0.15) is 0 Å². The number of hydrogen-bond acceptors (Lipinski definition) is 1. The van der Waals surface area contributed by atoms with Crippen LogP contribution in [-0.2, 0) is 11.3 Å². The van der Waals surface area contributed by atoms with Gasteiger partial charge in [-0.1, -0.05) is 66.4 Å². The third-order valence-corrected chi connectivity index (χ3v) is 5.22. The SMILES string of the molecule is O=C1N(Cc2ccccc2)C2CCCCC2C1(Cl)Cl. The molecule has 2 unspecified atom stereocenters. The van der Waals surface area contributed by atoms with Gasteiger partial charge < -0.3 is 4.90 Å². The van der Waals surface area contributed by atoms with Crippen molar-refractivity contribution in [3.63, 3.8) is 0 Å². The van der Waals surface area contributed by atoms with E-state index in [2.05, 4.69) is 0 Å². The van der Waals surface area contributed by atoms with Gasteiger partial charge in [0.15, 0.2) is 0 Å². The smallest absolute Gasteiger partial charge is 0.259 e. The van der Waals surface area contributed by atoms with Gasteiger partial charge in [0, 0.05) is 18.5 Å². The number of rotatable bonds is 2. The average Bonchev–Trinajstić information content (AvgIpc) is 2.62. The molecule has 1 aliphatic heterocycles. The van der Waals surface area contributed by atoms with E-state index in [0.717, 1.165) is 31.2 Å². The lowest BCUT2D eigenvalue weighted by Crippen LogP contribution is -2.36. The standard InChI is InChI=1S/C15H17Cl2NO/c16-15(17)12-8-4-5-9-13(12)18(14(15)19)10-11-6-2-1-3-7-11/h1-3,6-7,12-13H,4-5,8-10H2. The maximum absolute atomic E-state index is 12.5. The van der Waals surface area contributed by atoms with Gasteiger partial charge in [-0.15, -0.1) is 0 Å².